The minimum absolute atomic E-state index is 0.248. The van der Waals surface area contributed by atoms with Crippen LogP contribution in [0.2, 0.25) is 0 Å². The fraction of sp³-hybridized carbons (Fsp3) is 0.250. The Morgan fingerprint density at radius 2 is 1.37 bits per heavy atom. The maximum atomic E-state index is 12.4. The zero-order valence-electron chi connectivity index (χ0n) is 16.2. The van der Waals surface area contributed by atoms with Gasteiger partial charge in [-0.15, -0.1) is 0 Å². The second-order valence-corrected chi connectivity index (χ2v) is 5.66. The summed E-state index contributed by atoms with van der Waals surface area (Å²) in [5.41, 5.74) is -1.36. The van der Waals surface area contributed by atoms with Gasteiger partial charge < -0.3 is 24.4 Å². The molecule has 160 valence electrons. The van der Waals surface area contributed by atoms with Crippen LogP contribution in [-0.4, -0.2) is 59.4 Å². The molecule has 0 fully saturated rings. The van der Waals surface area contributed by atoms with Gasteiger partial charge in [-0.25, -0.2) is 24.0 Å². The summed E-state index contributed by atoms with van der Waals surface area (Å²) in [5, 5.41) is 18.2. The lowest BCUT2D eigenvalue weighted by Gasteiger charge is -2.17. The molecule has 0 spiro atoms. The van der Waals surface area contributed by atoms with Crippen molar-refractivity contribution in [1.82, 2.24) is 0 Å². The fourth-order valence-corrected chi connectivity index (χ4v) is 2.09. The summed E-state index contributed by atoms with van der Waals surface area (Å²) in [6.07, 6.45) is 3.95. The van der Waals surface area contributed by atoms with Crippen LogP contribution in [0.3, 0.4) is 0 Å². The van der Waals surface area contributed by atoms with Crippen LogP contribution in [0.1, 0.15) is 44.9 Å². The van der Waals surface area contributed by atoms with Crippen molar-refractivity contribution in [3.05, 3.63) is 59.2 Å². The van der Waals surface area contributed by atoms with Crippen molar-refractivity contribution in [2.45, 2.75) is 20.0 Å². The van der Waals surface area contributed by atoms with E-state index < -0.39 is 60.3 Å². The van der Waals surface area contributed by atoms with E-state index in [9.17, 15) is 24.0 Å². The Kier molecular flexibility index (Phi) is 9.47. The molecule has 1 rings (SSSR count). The van der Waals surface area contributed by atoms with Gasteiger partial charge in [-0.1, -0.05) is 12.2 Å². The van der Waals surface area contributed by atoms with Gasteiger partial charge in [0.25, 0.3) is 0 Å². The number of esters is 3. The summed E-state index contributed by atoms with van der Waals surface area (Å²) >= 11 is 0. The zero-order valence-corrected chi connectivity index (χ0v) is 16.2. The van der Waals surface area contributed by atoms with Crippen molar-refractivity contribution in [1.29, 1.82) is 0 Å². The number of carboxylic acid groups (broad SMARTS) is 2. The molecule has 0 saturated carbocycles. The van der Waals surface area contributed by atoms with Crippen LogP contribution in [-0.2, 0) is 23.8 Å². The van der Waals surface area contributed by atoms with Crippen LogP contribution in [0.5, 0.6) is 0 Å². The van der Waals surface area contributed by atoms with E-state index in [1.165, 1.54) is 12.2 Å². The predicted molar refractivity (Wildman–Crippen MR) is 101 cm³/mol. The normalized spacial score (nSPS) is 11.8. The Morgan fingerprint density at radius 1 is 0.867 bits per heavy atom. The number of hydrogen-bond donors (Lipinski definition) is 2. The molecule has 10 nitrogen and oxygen atoms in total. The molecular formula is C20H20O10. The SMILES string of the molecule is CC=CC(=O)OCC(COC(=O)C=CC)OC(=O)c1ccc(C(=O)O)c(C(=O)O)c1. The third-order valence-corrected chi connectivity index (χ3v) is 3.42. The summed E-state index contributed by atoms with van der Waals surface area (Å²) < 4.78 is 15.0. The average molecular weight is 420 g/mol. The van der Waals surface area contributed by atoms with Gasteiger partial charge in [0.2, 0.25) is 0 Å². The van der Waals surface area contributed by atoms with Crippen molar-refractivity contribution >= 4 is 29.8 Å². The average Bonchev–Trinajstić information content (AvgIpc) is 2.69. The van der Waals surface area contributed by atoms with Crippen molar-refractivity contribution in [2.75, 3.05) is 13.2 Å². The smallest absolute Gasteiger partial charge is 0.338 e. The summed E-state index contributed by atoms with van der Waals surface area (Å²) in [7, 11) is 0. The van der Waals surface area contributed by atoms with Gasteiger partial charge in [0, 0.05) is 12.2 Å². The molecule has 0 atom stereocenters. The number of allylic oxidation sites excluding steroid dienone is 2. The van der Waals surface area contributed by atoms with E-state index in [1.807, 2.05) is 0 Å². The molecule has 10 heteroatoms. The topological polar surface area (TPSA) is 154 Å². The zero-order chi connectivity index (χ0) is 22.7. The molecule has 0 aliphatic rings. The lowest BCUT2D eigenvalue weighted by atomic mass is 10.0. The van der Waals surface area contributed by atoms with E-state index >= 15 is 0 Å². The Morgan fingerprint density at radius 3 is 1.80 bits per heavy atom. The molecule has 0 heterocycles. The van der Waals surface area contributed by atoms with Crippen LogP contribution in [0.25, 0.3) is 0 Å². The lowest BCUT2D eigenvalue weighted by Crippen LogP contribution is -2.30. The minimum Gasteiger partial charge on any atom is -0.478 e. The molecular weight excluding hydrogens is 400 g/mol. The van der Waals surface area contributed by atoms with E-state index in [1.54, 1.807) is 13.8 Å². The van der Waals surface area contributed by atoms with Crippen molar-refractivity contribution in [3.8, 4) is 0 Å². The highest BCUT2D eigenvalue weighted by atomic mass is 16.6. The maximum absolute atomic E-state index is 12.4. The highest BCUT2D eigenvalue weighted by Crippen LogP contribution is 2.15. The van der Waals surface area contributed by atoms with Crippen LogP contribution in [0.15, 0.2) is 42.5 Å². The second kappa shape index (κ2) is 11.8. The van der Waals surface area contributed by atoms with Gasteiger partial charge in [0.05, 0.1) is 16.7 Å². The minimum atomic E-state index is -1.54. The first-order valence-electron chi connectivity index (χ1n) is 8.60. The van der Waals surface area contributed by atoms with Crippen molar-refractivity contribution in [3.63, 3.8) is 0 Å². The van der Waals surface area contributed by atoms with Crippen LogP contribution in [0, 0.1) is 0 Å². The standard InChI is InChI=1S/C20H20O10/c1-3-5-16(21)28-10-13(11-29-17(22)6-4-2)30-20(27)12-7-8-14(18(23)24)15(9-12)19(25)26/h3-9,13H,10-11H2,1-2H3,(H,23,24)(H,25,26). The molecule has 1 aromatic carbocycles. The summed E-state index contributed by atoms with van der Waals surface area (Å²) in [4.78, 5) is 57.7. The summed E-state index contributed by atoms with van der Waals surface area (Å²) in [5.74, 6) is -5.46. The quantitative estimate of drug-likeness (QED) is 0.325. The van der Waals surface area contributed by atoms with E-state index in [2.05, 4.69) is 0 Å². The van der Waals surface area contributed by atoms with E-state index in [-0.39, 0.29) is 5.56 Å². The van der Waals surface area contributed by atoms with Gasteiger partial charge in [-0.2, -0.15) is 0 Å². The largest absolute Gasteiger partial charge is 0.478 e. The maximum Gasteiger partial charge on any atom is 0.338 e. The van der Waals surface area contributed by atoms with Crippen LogP contribution >= 0.6 is 0 Å². The predicted octanol–water partition coefficient (Wildman–Crippen LogP) is 1.85. The summed E-state index contributed by atoms with van der Waals surface area (Å²) in [6, 6.07) is 2.88. The Hall–Kier alpha value is -3.95. The highest BCUT2D eigenvalue weighted by Gasteiger charge is 2.23. The van der Waals surface area contributed by atoms with E-state index in [0.29, 0.717) is 0 Å². The third-order valence-electron chi connectivity index (χ3n) is 3.42. The summed E-state index contributed by atoms with van der Waals surface area (Å²) in [6.45, 7) is 2.32. The Labute approximate surface area is 171 Å². The van der Waals surface area contributed by atoms with Gasteiger partial charge in [0.15, 0.2) is 6.10 Å². The second-order valence-electron chi connectivity index (χ2n) is 5.66. The molecule has 2 N–H and O–H groups in total. The Bertz CT molecular complexity index is 854. The molecule has 0 saturated heterocycles. The number of carboxylic acids is 2. The van der Waals surface area contributed by atoms with E-state index in [4.69, 9.17) is 24.4 Å². The first kappa shape index (κ1) is 24.1. The van der Waals surface area contributed by atoms with Gasteiger partial charge in [0.1, 0.15) is 13.2 Å². The van der Waals surface area contributed by atoms with Gasteiger partial charge in [-0.3, -0.25) is 0 Å². The molecule has 0 aliphatic heterocycles. The molecule has 0 aliphatic carbocycles. The number of carbonyl (C=O) groups is 5. The number of carbonyl (C=O) groups excluding carboxylic acids is 3. The van der Waals surface area contributed by atoms with E-state index in [0.717, 1.165) is 30.4 Å². The number of rotatable bonds is 10. The molecule has 0 amide bonds. The van der Waals surface area contributed by atoms with Crippen LogP contribution in [0.4, 0.5) is 0 Å². The number of hydrogen-bond acceptors (Lipinski definition) is 8. The third kappa shape index (κ3) is 7.58. The first-order valence-corrected chi connectivity index (χ1v) is 8.60. The Balaban J connectivity index is 3.00. The molecule has 0 bridgehead atoms. The molecule has 0 aromatic heterocycles. The molecule has 30 heavy (non-hydrogen) atoms. The molecule has 1 aromatic rings. The fourth-order valence-electron chi connectivity index (χ4n) is 2.09. The number of ether oxygens (including phenoxy) is 3. The first-order chi connectivity index (χ1) is 14.2. The van der Waals surface area contributed by atoms with Crippen molar-refractivity contribution in [2.24, 2.45) is 0 Å². The highest BCUT2D eigenvalue weighted by molar-refractivity contribution is 6.04. The number of aromatic carboxylic acids is 2. The lowest BCUT2D eigenvalue weighted by molar-refractivity contribution is -0.146. The molecule has 0 radical (unpaired) electrons. The van der Waals surface area contributed by atoms with Gasteiger partial charge in [-0.05, 0) is 32.0 Å². The molecule has 0 unspecified atom stereocenters. The van der Waals surface area contributed by atoms with Gasteiger partial charge >= 0.3 is 29.8 Å². The monoisotopic (exact) mass is 420 g/mol. The van der Waals surface area contributed by atoms with Crippen molar-refractivity contribution < 1.29 is 48.4 Å². The number of benzene rings is 1. The van der Waals surface area contributed by atoms with Crippen LogP contribution < -0.4 is 0 Å².